The molecule has 0 saturated heterocycles. The van der Waals surface area contributed by atoms with Gasteiger partial charge in [-0.15, -0.1) is 0 Å². The number of nitrogens with zero attached hydrogens (tertiary/aromatic N) is 1. The lowest BCUT2D eigenvalue weighted by Gasteiger charge is -2.12. The molecule has 0 bridgehead atoms. The van der Waals surface area contributed by atoms with Crippen LogP contribution in [0.1, 0.15) is 17.9 Å². The van der Waals surface area contributed by atoms with E-state index in [1.807, 2.05) is 42.5 Å². The average Bonchev–Trinajstić information content (AvgIpc) is 2.67. The summed E-state index contributed by atoms with van der Waals surface area (Å²) < 4.78 is 0. The summed E-state index contributed by atoms with van der Waals surface area (Å²) in [5, 5.41) is 10.8. The molecule has 2 atom stereocenters. The number of hydrogen-bond acceptors (Lipinski definition) is 2. The van der Waals surface area contributed by atoms with Crippen LogP contribution in [0.3, 0.4) is 0 Å². The Morgan fingerprint density at radius 3 is 2.64 bits per heavy atom. The van der Waals surface area contributed by atoms with Crippen LogP contribution in [0.5, 0.6) is 0 Å². The van der Waals surface area contributed by atoms with Crippen LogP contribution in [-0.4, -0.2) is 11.0 Å². The van der Waals surface area contributed by atoms with Gasteiger partial charge in [-0.2, -0.15) is 0 Å². The minimum absolute atomic E-state index is 0.0498. The number of nitro groups is 1. The largest absolute Gasteiger partial charge is 0.264 e. The lowest BCUT2D eigenvalue weighted by Crippen LogP contribution is -2.22. The van der Waals surface area contributed by atoms with Crippen molar-refractivity contribution in [1.29, 1.82) is 0 Å². The summed E-state index contributed by atoms with van der Waals surface area (Å²) in [5.41, 5.74) is 1.03. The van der Waals surface area contributed by atoms with E-state index in [1.54, 1.807) is 0 Å². The fraction of sp³-hybridized carbons (Fsp3) is 0.273. The van der Waals surface area contributed by atoms with Gasteiger partial charge in [-0.25, -0.2) is 0 Å². The molecule has 0 amide bonds. The second-order valence-electron chi connectivity index (χ2n) is 3.45. The molecule has 0 heterocycles. The van der Waals surface area contributed by atoms with Crippen molar-refractivity contribution >= 4 is 0 Å². The molecule has 0 N–H and O–H groups in total. The molecule has 3 heteroatoms. The Kier molecular flexibility index (Phi) is 2.31. The average molecular weight is 189 g/mol. The maximum atomic E-state index is 10.8. The summed E-state index contributed by atoms with van der Waals surface area (Å²) in [4.78, 5) is 10.6. The van der Waals surface area contributed by atoms with E-state index in [1.165, 1.54) is 0 Å². The fourth-order valence-corrected chi connectivity index (χ4v) is 1.87. The van der Waals surface area contributed by atoms with E-state index in [4.69, 9.17) is 0 Å². The molecule has 1 unspecified atom stereocenters. The summed E-state index contributed by atoms with van der Waals surface area (Å²) >= 11 is 0. The van der Waals surface area contributed by atoms with Gasteiger partial charge in [-0.05, 0) is 5.56 Å². The summed E-state index contributed by atoms with van der Waals surface area (Å²) in [6, 6.07) is 9.16. The Morgan fingerprint density at radius 1 is 1.29 bits per heavy atom. The van der Waals surface area contributed by atoms with E-state index in [2.05, 4.69) is 0 Å². The highest BCUT2D eigenvalue weighted by Crippen LogP contribution is 2.30. The van der Waals surface area contributed by atoms with E-state index in [0.717, 1.165) is 5.56 Å². The Bertz CT molecular complexity index is 359. The van der Waals surface area contributed by atoms with Crippen molar-refractivity contribution in [1.82, 2.24) is 0 Å². The molecular formula is C11H11NO2. The van der Waals surface area contributed by atoms with E-state index in [-0.39, 0.29) is 10.8 Å². The van der Waals surface area contributed by atoms with E-state index in [0.29, 0.717) is 6.42 Å². The van der Waals surface area contributed by atoms with Gasteiger partial charge in [-0.3, -0.25) is 10.1 Å². The summed E-state index contributed by atoms with van der Waals surface area (Å²) in [6.07, 6.45) is 4.38. The molecule has 2 rings (SSSR count). The number of rotatable bonds is 2. The van der Waals surface area contributed by atoms with Gasteiger partial charge in [0.15, 0.2) is 0 Å². The van der Waals surface area contributed by atoms with Crippen LogP contribution in [0, 0.1) is 10.1 Å². The molecule has 0 saturated carbocycles. The van der Waals surface area contributed by atoms with Crippen molar-refractivity contribution in [2.45, 2.75) is 18.4 Å². The SMILES string of the molecule is O=[N+]([O-])C1CC=C[C@@H]1c1ccccc1. The molecular weight excluding hydrogens is 178 g/mol. The van der Waals surface area contributed by atoms with E-state index < -0.39 is 6.04 Å². The van der Waals surface area contributed by atoms with Gasteiger partial charge in [0.1, 0.15) is 0 Å². The Labute approximate surface area is 82.2 Å². The zero-order chi connectivity index (χ0) is 9.97. The fourth-order valence-electron chi connectivity index (χ4n) is 1.87. The van der Waals surface area contributed by atoms with Crippen LogP contribution >= 0.6 is 0 Å². The van der Waals surface area contributed by atoms with E-state index >= 15 is 0 Å². The zero-order valence-corrected chi connectivity index (χ0v) is 7.67. The molecule has 14 heavy (non-hydrogen) atoms. The summed E-state index contributed by atoms with van der Waals surface area (Å²) in [5.74, 6) is -0.0498. The highest BCUT2D eigenvalue weighted by Gasteiger charge is 2.33. The number of benzene rings is 1. The molecule has 1 aliphatic rings. The second kappa shape index (κ2) is 3.62. The standard InChI is InChI=1S/C11H11NO2/c13-12(14)11-8-4-7-10(11)9-5-2-1-3-6-9/h1-7,10-11H,8H2/t10-,11?/m1/s1. The highest BCUT2D eigenvalue weighted by molar-refractivity contribution is 5.28. The van der Waals surface area contributed by atoms with Crippen LogP contribution in [0.2, 0.25) is 0 Å². The minimum atomic E-state index is -0.475. The molecule has 1 aliphatic carbocycles. The molecule has 3 nitrogen and oxygen atoms in total. The van der Waals surface area contributed by atoms with Gasteiger partial charge in [0.25, 0.3) is 0 Å². The van der Waals surface area contributed by atoms with E-state index in [9.17, 15) is 10.1 Å². The third-order valence-electron chi connectivity index (χ3n) is 2.59. The quantitative estimate of drug-likeness (QED) is 0.407. The van der Waals surface area contributed by atoms with Crippen molar-refractivity contribution < 1.29 is 4.92 Å². The number of hydrogen-bond donors (Lipinski definition) is 0. The lowest BCUT2D eigenvalue weighted by molar-refractivity contribution is -0.522. The maximum absolute atomic E-state index is 10.8. The minimum Gasteiger partial charge on any atom is -0.264 e. The van der Waals surface area contributed by atoms with Crippen LogP contribution in [0.25, 0.3) is 0 Å². The summed E-state index contributed by atoms with van der Waals surface area (Å²) in [7, 11) is 0. The first-order valence-corrected chi connectivity index (χ1v) is 4.64. The van der Waals surface area contributed by atoms with Gasteiger partial charge in [-0.1, -0.05) is 42.5 Å². The second-order valence-corrected chi connectivity index (χ2v) is 3.45. The topological polar surface area (TPSA) is 43.1 Å². The van der Waals surface area contributed by atoms with Gasteiger partial charge >= 0.3 is 0 Å². The molecule has 0 aliphatic heterocycles. The van der Waals surface area contributed by atoms with Gasteiger partial charge in [0.05, 0.1) is 5.92 Å². The maximum Gasteiger partial charge on any atom is 0.226 e. The molecule has 0 fully saturated rings. The molecule has 1 aromatic rings. The van der Waals surface area contributed by atoms with Crippen LogP contribution in [0.15, 0.2) is 42.5 Å². The molecule has 1 aromatic carbocycles. The molecule has 0 spiro atoms. The first-order valence-electron chi connectivity index (χ1n) is 4.64. The predicted molar refractivity (Wildman–Crippen MR) is 53.7 cm³/mol. The molecule has 0 aromatic heterocycles. The predicted octanol–water partition coefficient (Wildman–Crippen LogP) is 2.38. The molecule has 0 radical (unpaired) electrons. The van der Waals surface area contributed by atoms with Crippen LogP contribution < -0.4 is 0 Å². The highest BCUT2D eigenvalue weighted by atomic mass is 16.6. The van der Waals surface area contributed by atoms with Crippen molar-refractivity contribution in [3.05, 3.63) is 58.2 Å². The third-order valence-corrected chi connectivity index (χ3v) is 2.59. The van der Waals surface area contributed by atoms with Crippen LogP contribution in [-0.2, 0) is 0 Å². The zero-order valence-electron chi connectivity index (χ0n) is 7.67. The van der Waals surface area contributed by atoms with Gasteiger partial charge < -0.3 is 0 Å². The first kappa shape index (κ1) is 8.94. The Balaban J connectivity index is 2.26. The monoisotopic (exact) mass is 189 g/mol. The molecule has 72 valence electrons. The third kappa shape index (κ3) is 1.53. The van der Waals surface area contributed by atoms with Crippen LogP contribution in [0.4, 0.5) is 0 Å². The van der Waals surface area contributed by atoms with Crippen molar-refractivity contribution in [2.75, 3.05) is 0 Å². The smallest absolute Gasteiger partial charge is 0.226 e. The Morgan fingerprint density at radius 2 is 2.00 bits per heavy atom. The van der Waals surface area contributed by atoms with Gasteiger partial charge in [0, 0.05) is 11.3 Å². The Hall–Kier alpha value is -1.64. The van der Waals surface area contributed by atoms with Crippen molar-refractivity contribution in [3.8, 4) is 0 Å². The summed E-state index contributed by atoms with van der Waals surface area (Å²) in [6.45, 7) is 0. The normalized spacial score (nSPS) is 25.1. The van der Waals surface area contributed by atoms with Crippen molar-refractivity contribution in [3.63, 3.8) is 0 Å². The van der Waals surface area contributed by atoms with Gasteiger partial charge in [0.2, 0.25) is 6.04 Å². The van der Waals surface area contributed by atoms with Crippen molar-refractivity contribution in [2.24, 2.45) is 0 Å². The first-order chi connectivity index (χ1) is 6.79. The lowest BCUT2D eigenvalue weighted by atomic mass is 9.95.